The van der Waals surface area contributed by atoms with Crippen molar-refractivity contribution in [2.24, 2.45) is 5.73 Å². The standard InChI is InChI=1S/C10H17N3/c11-6-10-9(7-12-13-10)8-4-2-1-3-5-8/h7-8H,1-6,11H2,(H,12,13). The highest BCUT2D eigenvalue weighted by Gasteiger charge is 2.18. The molecule has 0 atom stereocenters. The van der Waals surface area contributed by atoms with Crippen molar-refractivity contribution in [2.75, 3.05) is 0 Å². The molecule has 1 aliphatic carbocycles. The van der Waals surface area contributed by atoms with Gasteiger partial charge in [0.1, 0.15) is 0 Å². The molecule has 0 saturated heterocycles. The minimum atomic E-state index is 0.589. The Morgan fingerprint density at radius 2 is 2.15 bits per heavy atom. The summed E-state index contributed by atoms with van der Waals surface area (Å²) in [5, 5.41) is 7.04. The van der Waals surface area contributed by atoms with Crippen LogP contribution in [0.15, 0.2) is 6.20 Å². The molecule has 1 aromatic rings. The highest BCUT2D eigenvalue weighted by atomic mass is 15.1. The molecule has 72 valence electrons. The Morgan fingerprint density at radius 1 is 1.38 bits per heavy atom. The van der Waals surface area contributed by atoms with Gasteiger partial charge in [0.2, 0.25) is 0 Å². The average molecular weight is 179 g/mol. The molecular formula is C10H17N3. The van der Waals surface area contributed by atoms with Gasteiger partial charge in [-0.15, -0.1) is 0 Å². The van der Waals surface area contributed by atoms with Crippen LogP contribution in [-0.4, -0.2) is 10.2 Å². The highest BCUT2D eigenvalue weighted by molar-refractivity contribution is 5.21. The molecule has 3 N–H and O–H groups in total. The molecule has 0 radical (unpaired) electrons. The summed E-state index contributed by atoms with van der Waals surface area (Å²) in [6, 6.07) is 0. The van der Waals surface area contributed by atoms with Crippen molar-refractivity contribution in [2.45, 2.75) is 44.6 Å². The summed E-state index contributed by atoms with van der Waals surface area (Å²) in [5.74, 6) is 0.714. The monoisotopic (exact) mass is 179 g/mol. The van der Waals surface area contributed by atoms with Gasteiger partial charge in [0, 0.05) is 6.54 Å². The minimum Gasteiger partial charge on any atom is -0.325 e. The summed E-state index contributed by atoms with van der Waals surface area (Å²) in [6.45, 7) is 0.589. The first-order valence-electron chi connectivity index (χ1n) is 5.14. The third-order valence-corrected chi connectivity index (χ3v) is 3.00. The van der Waals surface area contributed by atoms with Gasteiger partial charge in [-0.05, 0) is 24.3 Å². The van der Waals surface area contributed by atoms with Crippen LogP contribution in [0.2, 0.25) is 0 Å². The zero-order valence-corrected chi connectivity index (χ0v) is 7.92. The van der Waals surface area contributed by atoms with Gasteiger partial charge in [0.05, 0.1) is 11.9 Å². The van der Waals surface area contributed by atoms with Gasteiger partial charge in [-0.2, -0.15) is 5.10 Å². The number of rotatable bonds is 2. The van der Waals surface area contributed by atoms with Crippen LogP contribution in [0.5, 0.6) is 0 Å². The van der Waals surface area contributed by atoms with Crippen LogP contribution in [0.4, 0.5) is 0 Å². The fraction of sp³-hybridized carbons (Fsp3) is 0.700. The number of aromatic amines is 1. The Balaban J connectivity index is 2.13. The summed E-state index contributed by atoms with van der Waals surface area (Å²) in [4.78, 5) is 0. The van der Waals surface area contributed by atoms with Gasteiger partial charge in [0.15, 0.2) is 0 Å². The van der Waals surface area contributed by atoms with Gasteiger partial charge in [0.25, 0.3) is 0 Å². The van der Waals surface area contributed by atoms with Gasteiger partial charge in [-0.1, -0.05) is 19.3 Å². The van der Waals surface area contributed by atoms with Crippen molar-refractivity contribution in [3.63, 3.8) is 0 Å². The number of nitrogens with one attached hydrogen (secondary N) is 1. The molecule has 3 nitrogen and oxygen atoms in total. The van der Waals surface area contributed by atoms with E-state index in [9.17, 15) is 0 Å². The molecule has 0 bridgehead atoms. The molecule has 0 aromatic carbocycles. The molecule has 2 rings (SSSR count). The van der Waals surface area contributed by atoms with E-state index in [-0.39, 0.29) is 0 Å². The van der Waals surface area contributed by atoms with E-state index in [1.165, 1.54) is 37.7 Å². The molecule has 1 heterocycles. The molecule has 13 heavy (non-hydrogen) atoms. The van der Waals surface area contributed by atoms with E-state index in [0.29, 0.717) is 12.5 Å². The molecule has 1 aliphatic rings. The van der Waals surface area contributed by atoms with E-state index >= 15 is 0 Å². The van der Waals surface area contributed by atoms with Crippen molar-refractivity contribution in [3.05, 3.63) is 17.5 Å². The third kappa shape index (κ3) is 1.75. The maximum absolute atomic E-state index is 5.63. The molecular weight excluding hydrogens is 162 g/mol. The molecule has 0 unspecified atom stereocenters. The largest absolute Gasteiger partial charge is 0.325 e. The third-order valence-electron chi connectivity index (χ3n) is 3.00. The average Bonchev–Trinajstić information content (AvgIpc) is 2.67. The van der Waals surface area contributed by atoms with Crippen LogP contribution in [0.3, 0.4) is 0 Å². The normalized spacial score (nSPS) is 19.2. The summed E-state index contributed by atoms with van der Waals surface area (Å²) in [7, 11) is 0. The van der Waals surface area contributed by atoms with E-state index in [0.717, 1.165) is 5.69 Å². The molecule has 0 aliphatic heterocycles. The van der Waals surface area contributed by atoms with Crippen LogP contribution < -0.4 is 5.73 Å². The van der Waals surface area contributed by atoms with E-state index in [1.807, 2.05) is 6.20 Å². The second kappa shape index (κ2) is 3.92. The topological polar surface area (TPSA) is 54.7 Å². The first-order valence-corrected chi connectivity index (χ1v) is 5.14. The molecule has 0 spiro atoms. The van der Waals surface area contributed by atoms with Crippen LogP contribution >= 0.6 is 0 Å². The SMILES string of the molecule is NCc1[nH]ncc1C1CCCCC1. The Morgan fingerprint density at radius 3 is 2.85 bits per heavy atom. The minimum absolute atomic E-state index is 0.589. The lowest BCUT2D eigenvalue weighted by molar-refractivity contribution is 0.441. The van der Waals surface area contributed by atoms with Gasteiger partial charge < -0.3 is 5.73 Å². The molecule has 1 fully saturated rings. The van der Waals surface area contributed by atoms with E-state index in [1.54, 1.807) is 0 Å². The maximum Gasteiger partial charge on any atom is 0.0525 e. The first-order chi connectivity index (χ1) is 6.42. The van der Waals surface area contributed by atoms with Crippen LogP contribution in [0.1, 0.15) is 49.3 Å². The van der Waals surface area contributed by atoms with E-state index in [4.69, 9.17) is 5.73 Å². The van der Waals surface area contributed by atoms with Crippen LogP contribution in [-0.2, 0) is 6.54 Å². The van der Waals surface area contributed by atoms with Crippen molar-refractivity contribution >= 4 is 0 Å². The summed E-state index contributed by atoms with van der Waals surface area (Å²) in [6.07, 6.45) is 8.70. The number of hydrogen-bond donors (Lipinski definition) is 2. The quantitative estimate of drug-likeness (QED) is 0.728. The number of H-pyrrole nitrogens is 1. The molecule has 1 saturated carbocycles. The zero-order chi connectivity index (χ0) is 9.10. The maximum atomic E-state index is 5.63. The zero-order valence-electron chi connectivity index (χ0n) is 7.92. The Kier molecular flexibility index (Phi) is 2.64. The van der Waals surface area contributed by atoms with E-state index in [2.05, 4.69) is 10.2 Å². The number of nitrogens with zero attached hydrogens (tertiary/aromatic N) is 1. The van der Waals surface area contributed by atoms with Gasteiger partial charge in [-0.25, -0.2) is 0 Å². The van der Waals surface area contributed by atoms with Gasteiger partial charge in [-0.3, -0.25) is 5.10 Å². The van der Waals surface area contributed by atoms with Crippen molar-refractivity contribution in [3.8, 4) is 0 Å². The van der Waals surface area contributed by atoms with Crippen molar-refractivity contribution in [1.29, 1.82) is 0 Å². The number of nitrogens with two attached hydrogens (primary N) is 1. The fourth-order valence-corrected chi connectivity index (χ4v) is 2.25. The summed E-state index contributed by atoms with van der Waals surface area (Å²) >= 11 is 0. The Hall–Kier alpha value is -0.830. The smallest absolute Gasteiger partial charge is 0.0525 e. The van der Waals surface area contributed by atoms with Gasteiger partial charge >= 0.3 is 0 Å². The highest BCUT2D eigenvalue weighted by Crippen LogP contribution is 2.33. The van der Waals surface area contributed by atoms with Crippen molar-refractivity contribution in [1.82, 2.24) is 10.2 Å². The molecule has 0 amide bonds. The predicted octanol–water partition coefficient (Wildman–Crippen LogP) is 1.92. The Labute approximate surface area is 78.7 Å². The molecule has 1 aromatic heterocycles. The summed E-state index contributed by atoms with van der Waals surface area (Å²) in [5.41, 5.74) is 8.13. The second-order valence-electron chi connectivity index (χ2n) is 3.84. The first kappa shape index (κ1) is 8.75. The fourth-order valence-electron chi connectivity index (χ4n) is 2.25. The lowest BCUT2D eigenvalue weighted by Crippen LogP contribution is -2.08. The predicted molar refractivity (Wildman–Crippen MR) is 52.3 cm³/mol. The van der Waals surface area contributed by atoms with Crippen LogP contribution in [0, 0.1) is 0 Å². The second-order valence-corrected chi connectivity index (χ2v) is 3.84. The van der Waals surface area contributed by atoms with Crippen molar-refractivity contribution < 1.29 is 0 Å². The number of hydrogen-bond acceptors (Lipinski definition) is 2. The Bertz CT molecular complexity index is 261. The lowest BCUT2D eigenvalue weighted by atomic mass is 9.84. The summed E-state index contributed by atoms with van der Waals surface area (Å²) < 4.78 is 0. The lowest BCUT2D eigenvalue weighted by Gasteiger charge is -2.21. The molecule has 3 heteroatoms. The van der Waals surface area contributed by atoms with E-state index < -0.39 is 0 Å². The number of aromatic nitrogens is 2. The van der Waals surface area contributed by atoms with Crippen LogP contribution in [0.25, 0.3) is 0 Å².